The topological polar surface area (TPSA) is 23.8 Å². The molecule has 0 N–H and O–H groups in total. The van der Waals surface area contributed by atoms with E-state index in [0.29, 0.717) is 10.0 Å². The van der Waals surface area contributed by atoms with Crippen LogP contribution >= 0.6 is 15.9 Å². The van der Waals surface area contributed by atoms with Crippen molar-refractivity contribution < 1.29 is 4.39 Å². The van der Waals surface area contributed by atoms with E-state index in [9.17, 15) is 4.39 Å². The van der Waals surface area contributed by atoms with Gasteiger partial charge in [-0.3, -0.25) is 0 Å². The van der Waals surface area contributed by atoms with Crippen LogP contribution in [0.3, 0.4) is 0 Å². The lowest BCUT2D eigenvalue weighted by molar-refractivity contribution is 0.623. The third-order valence-electron chi connectivity index (χ3n) is 2.84. The second kappa shape index (κ2) is 5.32. The SMILES string of the molecule is CCc1ccc(-c2cc(Br)cc(F)c2C#N)cc1. The molecular weight excluding hydrogens is 293 g/mol. The third-order valence-corrected chi connectivity index (χ3v) is 3.30. The van der Waals surface area contributed by atoms with Crippen molar-refractivity contribution in [1.82, 2.24) is 0 Å². The first-order valence-electron chi connectivity index (χ1n) is 5.64. The van der Waals surface area contributed by atoms with E-state index in [2.05, 4.69) is 22.9 Å². The Labute approximate surface area is 114 Å². The Hall–Kier alpha value is -1.66. The van der Waals surface area contributed by atoms with Gasteiger partial charge in [-0.2, -0.15) is 5.26 Å². The maximum atomic E-state index is 13.7. The van der Waals surface area contributed by atoms with E-state index in [1.165, 1.54) is 11.6 Å². The molecule has 90 valence electrons. The molecule has 0 heterocycles. The minimum Gasteiger partial charge on any atom is -0.205 e. The number of benzene rings is 2. The maximum absolute atomic E-state index is 13.7. The molecule has 18 heavy (non-hydrogen) atoms. The third kappa shape index (κ3) is 2.44. The maximum Gasteiger partial charge on any atom is 0.142 e. The first-order chi connectivity index (χ1) is 8.65. The second-order valence-corrected chi connectivity index (χ2v) is 4.89. The molecule has 2 aromatic carbocycles. The average molecular weight is 304 g/mol. The number of hydrogen-bond donors (Lipinski definition) is 0. The lowest BCUT2D eigenvalue weighted by Crippen LogP contribution is -1.91. The van der Waals surface area contributed by atoms with Gasteiger partial charge in [-0.15, -0.1) is 0 Å². The fourth-order valence-corrected chi connectivity index (χ4v) is 2.26. The Morgan fingerprint density at radius 1 is 1.22 bits per heavy atom. The van der Waals surface area contributed by atoms with Gasteiger partial charge in [-0.05, 0) is 29.7 Å². The fraction of sp³-hybridized carbons (Fsp3) is 0.133. The molecule has 0 unspecified atom stereocenters. The molecular formula is C15H11BrFN. The van der Waals surface area contributed by atoms with Crippen molar-refractivity contribution in [3.63, 3.8) is 0 Å². The smallest absolute Gasteiger partial charge is 0.142 e. The lowest BCUT2D eigenvalue weighted by Gasteiger charge is -2.07. The summed E-state index contributed by atoms with van der Waals surface area (Å²) in [4.78, 5) is 0. The predicted molar refractivity (Wildman–Crippen MR) is 73.6 cm³/mol. The molecule has 0 aliphatic rings. The van der Waals surface area contributed by atoms with Crippen molar-refractivity contribution in [2.24, 2.45) is 0 Å². The fourth-order valence-electron chi connectivity index (χ4n) is 1.83. The number of hydrogen-bond acceptors (Lipinski definition) is 1. The molecule has 0 spiro atoms. The average Bonchev–Trinajstić information content (AvgIpc) is 2.38. The molecule has 0 amide bonds. The van der Waals surface area contributed by atoms with E-state index in [0.717, 1.165) is 12.0 Å². The second-order valence-electron chi connectivity index (χ2n) is 3.97. The van der Waals surface area contributed by atoms with Crippen LogP contribution in [-0.2, 0) is 6.42 Å². The number of nitrogens with zero attached hydrogens (tertiary/aromatic N) is 1. The Morgan fingerprint density at radius 3 is 2.44 bits per heavy atom. The molecule has 2 rings (SSSR count). The van der Waals surface area contributed by atoms with Gasteiger partial charge in [-0.1, -0.05) is 47.1 Å². The van der Waals surface area contributed by atoms with Crippen LogP contribution in [0.2, 0.25) is 0 Å². The van der Waals surface area contributed by atoms with Crippen molar-refractivity contribution in [2.75, 3.05) is 0 Å². The van der Waals surface area contributed by atoms with Crippen molar-refractivity contribution in [3.8, 4) is 17.2 Å². The van der Waals surface area contributed by atoms with Gasteiger partial charge in [0, 0.05) is 10.0 Å². The molecule has 0 aliphatic heterocycles. The zero-order valence-corrected chi connectivity index (χ0v) is 11.5. The van der Waals surface area contributed by atoms with E-state index >= 15 is 0 Å². The summed E-state index contributed by atoms with van der Waals surface area (Å²) in [5.41, 5.74) is 2.77. The van der Waals surface area contributed by atoms with Gasteiger partial charge in [0.15, 0.2) is 0 Å². The molecule has 0 aliphatic carbocycles. The van der Waals surface area contributed by atoms with Gasteiger partial charge in [0.2, 0.25) is 0 Å². The summed E-state index contributed by atoms with van der Waals surface area (Å²) in [6.07, 6.45) is 0.957. The van der Waals surface area contributed by atoms with E-state index in [4.69, 9.17) is 5.26 Å². The number of halogens is 2. The van der Waals surface area contributed by atoms with Crippen LogP contribution in [0.5, 0.6) is 0 Å². The van der Waals surface area contributed by atoms with Crippen LogP contribution in [0.4, 0.5) is 4.39 Å². The van der Waals surface area contributed by atoms with Crippen LogP contribution in [-0.4, -0.2) is 0 Å². The Morgan fingerprint density at radius 2 is 1.89 bits per heavy atom. The predicted octanol–water partition coefficient (Wildman–Crippen LogP) is 4.69. The van der Waals surface area contributed by atoms with Gasteiger partial charge in [0.25, 0.3) is 0 Å². The van der Waals surface area contributed by atoms with E-state index < -0.39 is 5.82 Å². The van der Waals surface area contributed by atoms with E-state index in [1.54, 1.807) is 6.07 Å². The van der Waals surface area contributed by atoms with Crippen LogP contribution in [0.25, 0.3) is 11.1 Å². The van der Waals surface area contributed by atoms with Gasteiger partial charge in [0.05, 0.1) is 5.56 Å². The Kier molecular flexibility index (Phi) is 3.78. The number of aryl methyl sites for hydroxylation is 1. The summed E-state index contributed by atoms with van der Waals surface area (Å²) < 4.78 is 14.3. The molecule has 0 bridgehead atoms. The zero-order valence-electron chi connectivity index (χ0n) is 9.87. The standard InChI is InChI=1S/C15H11BrFN/c1-2-10-3-5-11(6-4-10)13-7-12(16)8-15(17)14(13)9-18/h3-8H,2H2,1H3. The van der Waals surface area contributed by atoms with E-state index in [-0.39, 0.29) is 5.56 Å². The van der Waals surface area contributed by atoms with Gasteiger partial charge in [-0.25, -0.2) is 4.39 Å². The van der Waals surface area contributed by atoms with Crippen molar-refractivity contribution in [2.45, 2.75) is 13.3 Å². The molecule has 1 nitrogen and oxygen atoms in total. The summed E-state index contributed by atoms with van der Waals surface area (Å²) in [5, 5.41) is 9.05. The van der Waals surface area contributed by atoms with Crippen LogP contribution in [0, 0.1) is 17.1 Å². The Bertz CT molecular complexity index is 612. The van der Waals surface area contributed by atoms with Gasteiger partial charge in [0.1, 0.15) is 11.9 Å². The van der Waals surface area contributed by atoms with Gasteiger partial charge < -0.3 is 0 Å². The molecule has 3 heteroatoms. The highest BCUT2D eigenvalue weighted by Gasteiger charge is 2.11. The van der Waals surface area contributed by atoms with Crippen LogP contribution in [0.15, 0.2) is 40.9 Å². The molecule has 0 radical (unpaired) electrons. The molecule has 2 aromatic rings. The summed E-state index contributed by atoms with van der Waals surface area (Å²) in [7, 11) is 0. The molecule has 0 fully saturated rings. The molecule has 0 atom stereocenters. The Balaban J connectivity index is 2.59. The van der Waals surface area contributed by atoms with Crippen molar-refractivity contribution in [1.29, 1.82) is 5.26 Å². The molecule has 0 saturated heterocycles. The van der Waals surface area contributed by atoms with Crippen LogP contribution in [0.1, 0.15) is 18.1 Å². The molecule has 0 aromatic heterocycles. The highest BCUT2D eigenvalue weighted by molar-refractivity contribution is 9.10. The number of nitriles is 1. The minimum absolute atomic E-state index is 0.0856. The lowest BCUT2D eigenvalue weighted by atomic mass is 9.98. The minimum atomic E-state index is -0.499. The number of rotatable bonds is 2. The summed E-state index contributed by atoms with van der Waals surface area (Å²) >= 11 is 3.25. The largest absolute Gasteiger partial charge is 0.205 e. The van der Waals surface area contributed by atoms with E-state index in [1.807, 2.05) is 30.3 Å². The summed E-state index contributed by atoms with van der Waals surface area (Å²) in [5.74, 6) is -0.499. The zero-order chi connectivity index (χ0) is 13.1. The van der Waals surface area contributed by atoms with Gasteiger partial charge >= 0.3 is 0 Å². The first kappa shape index (κ1) is 12.8. The normalized spacial score (nSPS) is 10.1. The highest BCUT2D eigenvalue weighted by Crippen LogP contribution is 2.29. The highest BCUT2D eigenvalue weighted by atomic mass is 79.9. The quantitative estimate of drug-likeness (QED) is 0.789. The molecule has 0 saturated carbocycles. The summed E-state index contributed by atoms with van der Waals surface area (Å²) in [6, 6.07) is 12.8. The summed E-state index contributed by atoms with van der Waals surface area (Å²) in [6.45, 7) is 2.08. The first-order valence-corrected chi connectivity index (χ1v) is 6.43. The van der Waals surface area contributed by atoms with Crippen molar-refractivity contribution in [3.05, 3.63) is 57.8 Å². The monoisotopic (exact) mass is 303 g/mol. The van der Waals surface area contributed by atoms with Crippen molar-refractivity contribution >= 4 is 15.9 Å². The van der Waals surface area contributed by atoms with Crippen LogP contribution < -0.4 is 0 Å².